The molecule has 0 spiro atoms. The number of allylic oxidation sites excluding steroid dienone is 5. The van der Waals surface area contributed by atoms with Crippen molar-refractivity contribution in [3.05, 3.63) is 132 Å². The van der Waals surface area contributed by atoms with Crippen LogP contribution in [0.15, 0.2) is 98.9 Å². The third-order valence-electron chi connectivity index (χ3n) is 9.82. The quantitative estimate of drug-likeness (QED) is 0.215. The second kappa shape index (κ2) is 12.5. The van der Waals surface area contributed by atoms with Gasteiger partial charge in [-0.2, -0.15) is 0 Å². The van der Waals surface area contributed by atoms with E-state index in [1.165, 1.54) is 36.8 Å². The summed E-state index contributed by atoms with van der Waals surface area (Å²) in [7, 11) is 0. The molecule has 0 heterocycles. The molecule has 3 aromatic rings. The summed E-state index contributed by atoms with van der Waals surface area (Å²) in [6.45, 7) is 16.9. The Labute approximate surface area is 261 Å². The Bertz CT molecular complexity index is 1430. The van der Waals surface area contributed by atoms with Gasteiger partial charge in [0.25, 0.3) is 0 Å². The molecule has 0 aliphatic heterocycles. The van der Waals surface area contributed by atoms with Crippen LogP contribution in [0.2, 0.25) is 0 Å². The molecular weight excluding hydrogens is 659 g/mol. The zero-order valence-corrected chi connectivity index (χ0v) is 30.0. The Morgan fingerprint density at radius 2 is 1.32 bits per heavy atom. The van der Waals surface area contributed by atoms with E-state index in [0.717, 1.165) is 18.8 Å². The first-order chi connectivity index (χ1) is 19.6. The van der Waals surface area contributed by atoms with E-state index in [4.69, 9.17) is 0 Å². The maximum atomic E-state index is 2.65. The molecule has 0 fully saturated rings. The van der Waals surface area contributed by atoms with Crippen molar-refractivity contribution in [2.45, 2.75) is 90.2 Å². The van der Waals surface area contributed by atoms with Crippen LogP contribution in [0, 0.1) is 11.3 Å². The predicted molar refractivity (Wildman–Crippen MR) is 174 cm³/mol. The van der Waals surface area contributed by atoms with Gasteiger partial charge in [0.05, 0.1) is 0 Å². The zero-order chi connectivity index (χ0) is 29.2. The fourth-order valence-corrected chi connectivity index (χ4v) is 15.6. The molecule has 0 radical (unpaired) electrons. The van der Waals surface area contributed by atoms with Gasteiger partial charge in [-0.05, 0) is 24.0 Å². The average molecular weight is 707 g/mol. The molecule has 1 atom stereocenters. The summed E-state index contributed by atoms with van der Waals surface area (Å²) >= 11 is -1.13. The number of hydrogen-bond acceptors (Lipinski definition) is 0. The first-order valence-corrected chi connectivity index (χ1v) is 19.3. The van der Waals surface area contributed by atoms with Gasteiger partial charge in [-0.25, -0.2) is 0 Å². The molecule has 0 bridgehead atoms. The molecule has 3 aliphatic rings. The third-order valence-corrected chi connectivity index (χ3v) is 18.2. The maximum absolute atomic E-state index is 2.65. The molecule has 6 rings (SSSR count). The first-order valence-electron chi connectivity index (χ1n) is 15.7. The standard InChI is InChI=1S/C16H19.C14H14.C10H15.Hf/c1-11(2)8-14-6-7-15-9-12-4-3-5-13(12)10-16(14)15;1-3-7-13(8-4-1)11-12-14-9-5-2-6-10-14;1-7-6-10(4,5)9(3)8(7)2;/h6-7,9-11H,3-5,8H2,1-2H3;1-10H,11-12H2;1-5H3;. The molecule has 0 N–H and O–H groups in total. The maximum Gasteiger partial charge on any atom is -0.0238 e. The molecule has 41 heavy (non-hydrogen) atoms. The molecule has 212 valence electrons. The molecule has 1 unspecified atom stereocenters. The van der Waals surface area contributed by atoms with Crippen LogP contribution in [0.1, 0.15) is 94.7 Å². The van der Waals surface area contributed by atoms with Crippen LogP contribution in [0.5, 0.6) is 0 Å². The summed E-state index contributed by atoms with van der Waals surface area (Å²) in [4.78, 5) is 0. The van der Waals surface area contributed by atoms with Crippen LogP contribution in [-0.2, 0) is 51.8 Å². The van der Waals surface area contributed by atoms with Crippen LogP contribution in [0.4, 0.5) is 0 Å². The minimum Gasteiger partial charge on any atom is -0.0622 e. The molecule has 3 aliphatic carbocycles. The monoisotopic (exact) mass is 708 g/mol. The Kier molecular flexibility index (Phi) is 9.25. The van der Waals surface area contributed by atoms with Crippen molar-refractivity contribution >= 4 is 6.08 Å². The SMILES string of the molecule is CC1=C(C)C(C)(C)[C]([Hf][C]2(CC(C)C)C=Cc3cc4c(cc32)CCC4)=C1C.c1ccc(CCc2ccccc2)cc1. The van der Waals surface area contributed by atoms with Crippen LogP contribution in [0.25, 0.3) is 6.08 Å². The van der Waals surface area contributed by atoms with Crippen molar-refractivity contribution in [3.8, 4) is 0 Å². The Balaban J connectivity index is 0.000000202. The number of aryl methyl sites for hydroxylation is 4. The van der Waals surface area contributed by atoms with E-state index in [1.54, 1.807) is 39.0 Å². The summed E-state index contributed by atoms with van der Waals surface area (Å²) < 4.78 is 2.22. The molecule has 0 saturated carbocycles. The predicted octanol–water partition coefficient (Wildman–Crippen LogP) is 10.6. The topological polar surface area (TPSA) is 0 Å². The molecule has 0 nitrogen and oxygen atoms in total. The van der Waals surface area contributed by atoms with E-state index in [1.807, 2.05) is 3.33 Å². The van der Waals surface area contributed by atoms with Crippen molar-refractivity contribution in [1.29, 1.82) is 0 Å². The van der Waals surface area contributed by atoms with Crippen molar-refractivity contribution in [2.24, 2.45) is 11.3 Å². The first kappa shape index (κ1) is 30.2. The molecule has 3 aromatic carbocycles. The van der Waals surface area contributed by atoms with E-state index >= 15 is 0 Å². The van der Waals surface area contributed by atoms with Crippen molar-refractivity contribution in [2.75, 3.05) is 0 Å². The van der Waals surface area contributed by atoms with E-state index in [9.17, 15) is 0 Å². The number of rotatable bonds is 7. The molecule has 1 heteroatoms. The number of hydrogen-bond donors (Lipinski definition) is 0. The van der Waals surface area contributed by atoms with Gasteiger partial charge in [-0.3, -0.25) is 0 Å². The summed E-state index contributed by atoms with van der Waals surface area (Å²) in [5.41, 5.74) is 14.4. The van der Waals surface area contributed by atoms with Crippen molar-refractivity contribution in [1.82, 2.24) is 0 Å². The summed E-state index contributed by atoms with van der Waals surface area (Å²) in [5, 5.41) is 0. The smallest absolute Gasteiger partial charge is 0.0238 e. The van der Waals surface area contributed by atoms with Crippen molar-refractivity contribution in [3.63, 3.8) is 0 Å². The van der Waals surface area contributed by atoms with Gasteiger partial charge in [-0.1, -0.05) is 60.7 Å². The van der Waals surface area contributed by atoms with Gasteiger partial charge in [0.15, 0.2) is 0 Å². The minimum atomic E-state index is -1.13. The van der Waals surface area contributed by atoms with Gasteiger partial charge in [0, 0.05) is 0 Å². The average Bonchev–Trinajstić information content (AvgIpc) is 3.61. The summed E-state index contributed by atoms with van der Waals surface area (Å²) in [6.07, 6.45) is 12.6. The van der Waals surface area contributed by atoms with Crippen molar-refractivity contribution < 1.29 is 22.9 Å². The van der Waals surface area contributed by atoms with Gasteiger partial charge in [-0.15, -0.1) is 0 Å². The van der Waals surface area contributed by atoms with Gasteiger partial charge < -0.3 is 0 Å². The van der Waals surface area contributed by atoms with E-state index in [-0.39, 0.29) is 5.41 Å². The fraction of sp³-hybridized carbons (Fsp3) is 0.400. The van der Waals surface area contributed by atoms with Gasteiger partial charge in [0.2, 0.25) is 0 Å². The Morgan fingerprint density at radius 3 is 1.83 bits per heavy atom. The largest absolute Gasteiger partial charge is 0.0622 e. The number of fused-ring (bicyclic) bond motifs is 2. The number of benzene rings is 3. The van der Waals surface area contributed by atoms with Crippen LogP contribution < -0.4 is 0 Å². The third kappa shape index (κ3) is 6.41. The second-order valence-corrected chi connectivity index (χ2v) is 19.3. The van der Waals surface area contributed by atoms with E-state index < -0.39 is 22.9 Å². The molecular formula is C40H48Hf. The molecule has 0 amide bonds. The minimum absolute atomic E-state index is 0.272. The summed E-state index contributed by atoms with van der Waals surface area (Å²) in [5.74, 6) is 0.738. The van der Waals surface area contributed by atoms with Gasteiger partial charge in [0.1, 0.15) is 0 Å². The van der Waals surface area contributed by atoms with E-state index in [0.29, 0.717) is 3.17 Å². The van der Waals surface area contributed by atoms with Gasteiger partial charge >= 0.3 is 178 Å². The van der Waals surface area contributed by atoms with Crippen LogP contribution in [-0.4, -0.2) is 0 Å². The molecule has 0 aromatic heterocycles. The van der Waals surface area contributed by atoms with Crippen LogP contribution >= 0.6 is 0 Å². The Morgan fingerprint density at radius 1 is 0.756 bits per heavy atom. The molecule has 0 saturated heterocycles. The van der Waals surface area contributed by atoms with E-state index in [2.05, 4.69) is 133 Å². The zero-order valence-electron chi connectivity index (χ0n) is 26.4. The normalized spacial score (nSPS) is 20.3. The second-order valence-electron chi connectivity index (χ2n) is 13.4. The fourth-order valence-electron chi connectivity index (χ4n) is 7.12. The summed E-state index contributed by atoms with van der Waals surface area (Å²) in [6, 6.07) is 26.4. The van der Waals surface area contributed by atoms with Crippen LogP contribution in [0.3, 0.4) is 0 Å². The Hall–Kier alpha value is -2.25.